The van der Waals surface area contributed by atoms with E-state index >= 15 is 0 Å². The third-order valence-electron chi connectivity index (χ3n) is 4.70. The number of nitrogens with zero attached hydrogens (tertiary/aromatic N) is 4. The van der Waals surface area contributed by atoms with Gasteiger partial charge in [0.15, 0.2) is 5.82 Å². The second-order valence-corrected chi connectivity index (χ2v) is 8.34. The van der Waals surface area contributed by atoms with E-state index in [1.807, 2.05) is 52.5 Å². The average Bonchev–Trinajstić information content (AvgIpc) is 2.91. The molecule has 0 bridgehead atoms. The lowest BCUT2D eigenvalue weighted by Gasteiger charge is -2.37. The fraction of sp³-hybridized carbons (Fsp3) is 0.600. The number of hydrogen-bond donors (Lipinski definition) is 1. The van der Waals surface area contributed by atoms with Crippen molar-refractivity contribution in [3.8, 4) is 11.3 Å². The smallest absolute Gasteiger partial charge is 0.318 e. The molecule has 0 aliphatic carbocycles. The van der Waals surface area contributed by atoms with Crippen LogP contribution in [-0.2, 0) is 0 Å². The van der Waals surface area contributed by atoms with Gasteiger partial charge in [0.05, 0.1) is 23.0 Å². The Morgan fingerprint density at radius 1 is 1.22 bits per heavy atom. The first-order valence-electron chi connectivity index (χ1n) is 9.53. The summed E-state index contributed by atoms with van der Waals surface area (Å²) in [5.74, 6) is 1.43. The van der Waals surface area contributed by atoms with Crippen LogP contribution >= 0.6 is 0 Å². The maximum atomic E-state index is 12.8. The van der Waals surface area contributed by atoms with Gasteiger partial charge < -0.3 is 14.7 Å². The molecular formula is C20H29N5O2. The lowest BCUT2D eigenvalue weighted by atomic mass is 10.0. The molecule has 1 atom stereocenters. The Balaban J connectivity index is 1.97. The predicted octanol–water partition coefficient (Wildman–Crippen LogP) is 4.09. The second kappa shape index (κ2) is 7.29. The van der Waals surface area contributed by atoms with Crippen LogP contribution in [0.2, 0.25) is 0 Å². The van der Waals surface area contributed by atoms with Gasteiger partial charge in [0.1, 0.15) is 5.76 Å². The number of carbonyl (C=O) groups excluding carboxylic acids is 1. The molecule has 0 unspecified atom stereocenters. The van der Waals surface area contributed by atoms with Crippen molar-refractivity contribution in [3.05, 3.63) is 29.0 Å². The minimum Gasteiger partial charge on any atom is -0.361 e. The van der Waals surface area contributed by atoms with Crippen molar-refractivity contribution in [2.45, 2.75) is 72.4 Å². The molecule has 1 fully saturated rings. The van der Waals surface area contributed by atoms with E-state index in [9.17, 15) is 4.79 Å². The number of likely N-dealkylation sites (tertiary alicyclic amines) is 1. The van der Waals surface area contributed by atoms with Crippen molar-refractivity contribution in [2.24, 2.45) is 0 Å². The number of piperidine rings is 1. The van der Waals surface area contributed by atoms with Crippen LogP contribution in [0.5, 0.6) is 0 Å². The van der Waals surface area contributed by atoms with Gasteiger partial charge in [-0.2, -0.15) is 0 Å². The van der Waals surface area contributed by atoms with Gasteiger partial charge in [0, 0.05) is 17.8 Å². The molecular weight excluding hydrogens is 342 g/mol. The van der Waals surface area contributed by atoms with E-state index in [-0.39, 0.29) is 17.6 Å². The third-order valence-corrected chi connectivity index (χ3v) is 4.70. The fourth-order valence-electron chi connectivity index (χ4n) is 3.55. The third kappa shape index (κ3) is 4.28. The molecule has 27 heavy (non-hydrogen) atoms. The van der Waals surface area contributed by atoms with Crippen molar-refractivity contribution in [1.29, 1.82) is 0 Å². The highest BCUT2D eigenvalue weighted by molar-refractivity contribution is 5.75. The maximum Gasteiger partial charge on any atom is 0.318 e. The van der Waals surface area contributed by atoms with Crippen molar-refractivity contribution in [1.82, 2.24) is 25.3 Å². The quantitative estimate of drug-likeness (QED) is 0.859. The molecule has 1 aliphatic rings. The Bertz CT molecular complexity index is 818. The first-order chi connectivity index (χ1) is 12.7. The number of aromatic nitrogens is 3. The summed E-state index contributed by atoms with van der Waals surface area (Å²) in [7, 11) is 0. The highest BCUT2D eigenvalue weighted by atomic mass is 16.5. The van der Waals surface area contributed by atoms with Crippen LogP contribution in [-0.4, -0.2) is 38.1 Å². The Labute approximate surface area is 160 Å². The molecule has 1 N–H and O–H groups in total. The van der Waals surface area contributed by atoms with Crippen LogP contribution in [0.15, 0.2) is 10.6 Å². The monoisotopic (exact) mass is 371 g/mol. The first kappa shape index (κ1) is 19.3. The Hall–Kier alpha value is -2.44. The van der Waals surface area contributed by atoms with Gasteiger partial charge in [0.25, 0.3) is 0 Å². The van der Waals surface area contributed by atoms with Gasteiger partial charge in [0.2, 0.25) is 0 Å². The van der Waals surface area contributed by atoms with Gasteiger partial charge >= 0.3 is 6.03 Å². The number of rotatable bonds is 2. The number of amides is 2. The minimum atomic E-state index is -0.283. The largest absolute Gasteiger partial charge is 0.361 e. The van der Waals surface area contributed by atoms with E-state index in [2.05, 4.69) is 15.5 Å². The number of nitrogens with one attached hydrogen (secondary N) is 1. The first-order valence-corrected chi connectivity index (χ1v) is 9.53. The van der Waals surface area contributed by atoms with E-state index in [0.29, 0.717) is 12.4 Å². The molecule has 7 nitrogen and oxygen atoms in total. The zero-order chi connectivity index (χ0) is 19.8. The van der Waals surface area contributed by atoms with Gasteiger partial charge in [-0.05, 0) is 66.9 Å². The lowest BCUT2D eigenvalue weighted by Crippen LogP contribution is -2.51. The summed E-state index contributed by atoms with van der Waals surface area (Å²) in [4.78, 5) is 24.2. The zero-order valence-electron chi connectivity index (χ0n) is 17.1. The highest BCUT2D eigenvalue weighted by Gasteiger charge is 2.32. The van der Waals surface area contributed by atoms with Crippen LogP contribution in [0.25, 0.3) is 11.3 Å². The van der Waals surface area contributed by atoms with Crippen molar-refractivity contribution in [2.75, 3.05) is 6.54 Å². The van der Waals surface area contributed by atoms with Crippen molar-refractivity contribution in [3.63, 3.8) is 0 Å². The SMILES string of the molecule is Cc1cc(-c2c(C)noc2C)nc([C@H]2CCCCN2C(=O)NC(C)(C)C)n1. The normalized spacial score (nSPS) is 17.9. The van der Waals surface area contributed by atoms with Gasteiger partial charge in [-0.3, -0.25) is 0 Å². The Morgan fingerprint density at radius 3 is 2.59 bits per heavy atom. The molecule has 1 saturated heterocycles. The number of urea groups is 1. The zero-order valence-corrected chi connectivity index (χ0v) is 17.1. The maximum absolute atomic E-state index is 12.8. The van der Waals surface area contributed by atoms with Crippen molar-refractivity contribution < 1.29 is 9.32 Å². The molecule has 0 saturated carbocycles. The number of carbonyl (C=O) groups is 1. The van der Waals surface area contributed by atoms with E-state index in [1.165, 1.54) is 0 Å². The molecule has 146 valence electrons. The summed E-state index contributed by atoms with van der Waals surface area (Å²) >= 11 is 0. The summed E-state index contributed by atoms with van der Waals surface area (Å²) in [5.41, 5.74) is 3.10. The van der Waals surface area contributed by atoms with Crippen LogP contribution in [0.1, 0.15) is 69.0 Å². The molecule has 0 aromatic carbocycles. The standard InChI is InChI=1S/C20H29N5O2/c1-12-11-15(17-13(2)24-27-14(17)3)22-18(21-12)16-9-7-8-10-25(16)19(26)23-20(4,5)6/h11,16H,7-10H2,1-6H3,(H,23,26)/t16-/m1/s1. The topological polar surface area (TPSA) is 84.2 Å². The van der Waals surface area contributed by atoms with E-state index in [0.717, 1.165) is 47.7 Å². The number of hydrogen-bond acceptors (Lipinski definition) is 5. The van der Waals surface area contributed by atoms with Gasteiger partial charge in [-0.25, -0.2) is 14.8 Å². The van der Waals surface area contributed by atoms with Crippen LogP contribution in [0.3, 0.4) is 0 Å². The molecule has 2 aromatic rings. The molecule has 1 aliphatic heterocycles. The summed E-state index contributed by atoms with van der Waals surface area (Å²) in [5, 5.41) is 7.11. The molecule has 2 aromatic heterocycles. The van der Waals surface area contributed by atoms with E-state index < -0.39 is 0 Å². The van der Waals surface area contributed by atoms with Gasteiger partial charge in [-0.1, -0.05) is 5.16 Å². The van der Waals surface area contributed by atoms with Crippen LogP contribution in [0, 0.1) is 20.8 Å². The molecule has 0 radical (unpaired) electrons. The predicted molar refractivity (Wildman–Crippen MR) is 103 cm³/mol. The fourth-order valence-corrected chi connectivity index (χ4v) is 3.55. The Kier molecular flexibility index (Phi) is 5.22. The van der Waals surface area contributed by atoms with Crippen molar-refractivity contribution >= 4 is 6.03 Å². The summed E-state index contributed by atoms with van der Waals surface area (Å²) in [6, 6.07) is 1.76. The lowest BCUT2D eigenvalue weighted by molar-refractivity contribution is 0.141. The molecule has 7 heteroatoms. The molecule has 3 heterocycles. The number of aryl methyl sites for hydroxylation is 3. The molecule has 2 amide bonds. The second-order valence-electron chi connectivity index (χ2n) is 8.34. The van der Waals surface area contributed by atoms with E-state index in [1.54, 1.807) is 0 Å². The summed E-state index contributed by atoms with van der Waals surface area (Å²) < 4.78 is 5.30. The molecule has 0 spiro atoms. The van der Waals surface area contributed by atoms with Crippen LogP contribution < -0.4 is 5.32 Å². The molecule has 3 rings (SSSR count). The van der Waals surface area contributed by atoms with Gasteiger partial charge in [-0.15, -0.1) is 0 Å². The van der Waals surface area contributed by atoms with Crippen LogP contribution in [0.4, 0.5) is 4.79 Å². The summed E-state index contributed by atoms with van der Waals surface area (Å²) in [6.45, 7) is 12.4. The average molecular weight is 371 g/mol. The Morgan fingerprint density at radius 2 is 1.96 bits per heavy atom. The highest BCUT2D eigenvalue weighted by Crippen LogP contribution is 2.32. The minimum absolute atomic E-state index is 0.0591. The summed E-state index contributed by atoms with van der Waals surface area (Å²) in [6.07, 6.45) is 2.92. The van der Waals surface area contributed by atoms with E-state index in [4.69, 9.17) is 9.51 Å².